The molecule has 3 N–H and O–H groups in total. The summed E-state index contributed by atoms with van der Waals surface area (Å²) in [6, 6.07) is 8.44. The summed E-state index contributed by atoms with van der Waals surface area (Å²) in [6.07, 6.45) is 3.48. The molecule has 7 heteroatoms. The van der Waals surface area contributed by atoms with Gasteiger partial charge >= 0.3 is 5.97 Å². The van der Waals surface area contributed by atoms with Gasteiger partial charge in [0.15, 0.2) is 0 Å². The average Bonchev–Trinajstić information content (AvgIpc) is 3.61. The number of carbonyl (C=O) groups is 3. The van der Waals surface area contributed by atoms with Gasteiger partial charge in [-0.15, -0.1) is 0 Å². The van der Waals surface area contributed by atoms with Crippen LogP contribution >= 0.6 is 0 Å². The van der Waals surface area contributed by atoms with E-state index >= 15 is 0 Å². The van der Waals surface area contributed by atoms with Crippen LogP contribution in [0.4, 0.5) is 0 Å². The molecule has 1 aromatic carbocycles. The van der Waals surface area contributed by atoms with Gasteiger partial charge in [-0.25, -0.2) is 4.79 Å². The molecule has 0 spiro atoms. The van der Waals surface area contributed by atoms with Crippen LogP contribution in [0.2, 0.25) is 0 Å². The fourth-order valence-electron chi connectivity index (χ4n) is 4.55. The molecule has 2 amide bonds. The maximum absolute atomic E-state index is 13.9. The zero-order chi connectivity index (χ0) is 25.8. The molecule has 7 nitrogen and oxygen atoms in total. The van der Waals surface area contributed by atoms with Crippen molar-refractivity contribution in [3.63, 3.8) is 0 Å². The monoisotopic (exact) mass is 471 g/mol. The molecule has 188 valence electrons. The summed E-state index contributed by atoms with van der Waals surface area (Å²) in [7, 11) is 3.46. The standard InChI is InChI=1S/C27H41N3O4/c1-17(2)21(16-18(3)24(32)33)30(8)23(31)22(26(4,5)6)29-25(34)27(28-7,20-14-15-20)19-12-10-9-11-13-19/h9-13,16-17,20-22,28H,14-15H2,1-8H3,(H,29,34)(H,32,33)/t21-,22-,27?/m1/s1. The highest BCUT2D eigenvalue weighted by Crippen LogP contribution is 2.46. The predicted octanol–water partition coefficient (Wildman–Crippen LogP) is 3.56. The Morgan fingerprint density at radius 1 is 1.12 bits per heavy atom. The van der Waals surface area contributed by atoms with Gasteiger partial charge in [-0.1, -0.05) is 71.0 Å². The number of hydrogen-bond donors (Lipinski definition) is 3. The van der Waals surface area contributed by atoms with Crippen molar-refractivity contribution in [3.05, 3.63) is 47.5 Å². The normalized spacial score (nSPS) is 18.1. The molecule has 0 heterocycles. The Bertz CT molecular complexity index is 916. The maximum Gasteiger partial charge on any atom is 0.331 e. The zero-order valence-corrected chi connectivity index (χ0v) is 21.8. The third-order valence-electron chi connectivity index (χ3n) is 6.80. The predicted molar refractivity (Wildman–Crippen MR) is 134 cm³/mol. The van der Waals surface area contributed by atoms with Gasteiger partial charge in [-0.2, -0.15) is 0 Å². The number of amides is 2. The summed E-state index contributed by atoms with van der Waals surface area (Å²) >= 11 is 0. The molecule has 1 aliphatic carbocycles. The summed E-state index contributed by atoms with van der Waals surface area (Å²) in [5.74, 6) is -1.34. The molecule has 3 atom stereocenters. The molecule has 1 unspecified atom stereocenters. The SMILES string of the molecule is CNC(C(=O)N[C@H](C(=O)N(C)[C@H](C=C(C)C(=O)O)C(C)C)C(C)(C)C)(c1ccccc1)C1CC1. The Labute approximate surface area is 204 Å². The summed E-state index contributed by atoms with van der Waals surface area (Å²) in [4.78, 5) is 40.6. The zero-order valence-electron chi connectivity index (χ0n) is 21.8. The number of hydrogen-bond acceptors (Lipinski definition) is 4. The lowest BCUT2D eigenvalue weighted by Crippen LogP contribution is -2.62. The molecule has 0 radical (unpaired) electrons. The van der Waals surface area contributed by atoms with Crippen LogP contribution in [0, 0.1) is 17.3 Å². The largest absolute Gasteiger partial charge is 0.478 e. The number of likely N-dealkylation sites (N-methyl/N-ethyl adjacent to an activating group) is 2. The number of carboxylic acid groups (broad SMARTS) is 1. The van der Waals surface area contributed by atoms with Crippen molar-refractivity contribution >= 4 is 17.8 Å². The molecular weight excluding hydrogens is 430 g/mol. The number of benzene rings is 1. The molecular formula is C27H41N3O4. The Kier molecular flexibility index (Phi) is 8.70. The second-order valence-corrected chi connectivity index (χ2v) is 10.8. The third-order valence-corrected chi connectivity index (χ3v) is 6.80. The molecule has 1 saturated carbocycles. The Morgan fingerprint density at radius 3 is 2.09 bits per heavy atom. The van der Waals surface area contributed by atoms with E-state index in [9.17, 15) is 19.5 Å². The molecule has 1 aromatic rings. The van der Waals surface area contributed by atoms with Crippen LogP contribution in [-0.2, 0) is 19.9 Å². The van der Waals surface area contributed by atoms with Gasteiger partial charge in [0, 0.05) is 12.6 Å². The Balaban J connectivity index is 2.42. The quantitative estimate of drug-likeness (QED) is 0.453. The van der Waals surface area contributed by atoms with Gasteiger partial charge in [-0.3, -0.25) is 9.59 Å². The van der Waals surface area contributed by atoms with Crippen molar-refractivity contribution in [1.29, 1.82) is 0 Å². The van der Waals surface area contributed by atoms with Crippen LogP contribution in [0.5, 0.6) is 0 Å². The highest BCUT2D eigenvalue weighted by atomic mass is 16.4. The van der Waals surface area contributed by atoms with E-state index in [1.807, 2.05) is 65.0 Å². The smallest absolute Gasteiger partial charge is 0.331 e. The van der Waals surface area contributed by atoms with E-state index in [4.69, 9.17) is 0 Å². The van der Waals surface area contributed by atoms with E-state index in [-0.39, 0.29) is 29.2 Å². The van der Waals surface area contributed by atoms with Crippen molar-refractivity contribution in [1.82, 2.24) is 15.5 Å². The van der Waals surface area contributed by atoms with Crippen molar-refractivity contribution in [2.24, 2.45) is 17.3 Å². The van der Waals surface area contributed by atoms with Gasteiger partial charge < -0.3 is 20.6 Å². The lowest BCUT2D eigenvalue weighted by molar-refractivity contribution is -0.142. The summed E-state index contributed by atoms with van der Waals surface area (Å²) in [5.41, 5.74) is -0.415. The third kappa shape index (κ3) is 5.87. The van der Waals surface area contributed by atoms with Crippen LogP contribution < -0.4 is 10.6 Å². The Hall–Kier alpha value is -2.67. The minimum atomic E-state index is -1.02. The van der Waals surface area contributed by atoms with Crippen molar-refractivity contribution in [2.45, 2.75) is 72.0 Å². The topological polar surface area (TPSA) is 98.7 Å². The van der Waals surface area contributed by atoms with Crippen molar-refractivity contribution in [2.75, 3.05) is 14.1 Å². The molecule has 0 bridgehead atoms. The van der Waals surface area contributed by atoms with Crippen molar-refractivity contribution < 1.29 is 19.5 Å². The van der Waals surface area contributed by atoms with Crippen LogP contribution in [0.1, 0.15) is 59.9 Å². The lowest BCUT2D eigenvalue weighted by atomic mass is 9.81. The fraction of sp³-hybridized carbons (Fsp3) is 0.593. The lowest BCUT2D eigenvalue weighted by Gasteiger charge is -2.40. The number of rotatable bonds is 10. The van der Waals surface area contributed by atoms with Crippen LogP contribution in [-0.4, -0.2) is 54.0 Å². The fourth-order valence-corrected chi connectivity index (χ4v) is 4.55. The van der Waals surface area contributed by atoms with E-state index in [1.54, 1.807) is 25.1 Å². The molecule has 34 heavy (non-hydrogen) atoms. The maximum atomic E-state index is 13.9. The first-order valence-corrected chi connectivity index (χ1v) is 12.0. The average molecular weight is 472 g/mol. The second-order valence-electron chi connectivity index (χ2n) is 10.8. The minimum absolute atomic E-state index is 0.00764. The number of nitrogens with one attached hydrogen (secondary N) is 2. The molecule has 0 aromatic heterocycles. The second kappa shape index (κ2) is 10.7. The van der Waals surface area contributed by atoms with Crippen LogP contribution in [0.15, 0.2) is 42.0 Å². The molecule has 0 aliphatic heterocycles. The Morgan fingerprint density at radius 2 is 1.68 bits per heavy atom. The van der Waals surface area contributed by atoms with Gasteiger partial charge in [0.2, 0.25) is 11.8 Å². The molecule has 1 fully saturated rings. The summed E-state index contributed by atoms with van der Waals surface area (Å²) < 4.78 is 0. The van der Waals surface area contributed by atoms with Crippen LogP contribution in [0.25, 0.3) is 0 Å². The molecule has 0 saturated heterocycles. The highest BCUT2D eigenvalue weighted by molar-refractivity contribution is 5.94. The van der Waals surface area contributed by atoms with Gasteiger partial charge in [-0.05, 0) is 49.6 Å². The van der Waals surface area contributed by atoms with E-state index in [0.717, 1.165) is 18.4 Å². The van der Waals surface area contributed by atoms with Gasteiger partial charge in [0.1, 0.15) is 11.6 Å². The van der Waals surface area contributed by atoms with E-state index in [0.29, 0.717) is 0 Å². The first-order chi connectivity index (χ1) is 15.8. The van der Waals surface area contributed by atoms with Crippen LogP contribution in [0.3, 0.4) is 0 Å². The van der Waals surface area contributed by atoms with E-state index in [2.05, 4.69) is 10.6 Å². The van der Waals surface area contributed by atoms with Gasteiger partial charge in [0.25, 0.3) is 0 Å². The number of aliphatic carboxylic acids is 1. The van der Waals surface area contributed by atoms with Crippen molar-refractivity contribution in [3.8, 4) is 0 Å². The molecule has 1 aliphatic rings. The van der Waals surface area contributed by atoms with E-state index < -0.39 is 29.0 Å². The number of carboxylic acids is 1. The number of nitrogens with zero attached hydrogens (tertiary/aromatic N) is 1. The summed E-state index contributed by atoms with van der Waals surface area (Å²) in [6.45, 7) is 11.2. The number of carbonyl (C=O) groups excluding carboxylic acids is 2. The first-order valence-electron chi connectivity index (χ1n) is 12.0. The van der Waals surface area contributed by atoms with Gasteiger partial charge in [0.05, 0.1) is 6.04 Å². The molecule has 2 rings (SSSR count). The first kappa shape index (κ1) is 27.6. The minimum Gasteiger partial charge on any atom is -0.478 e. The summed E-state index contributed by atoms with van der Waals surface area (Å²) in [5, 5.41) is 15.7. The highest BCUT2D eigenvalue weighted by Gasteiger charge is 2.52. The van der Waals surface area contributed by atoms with E-state index in [1.165, 1.54) is 6.92 Å².